The quantitative estimate of drug-likeness (QED) is 0.280. The van der Waals surface area contributed by atoms with E-state index in [-0.39, 0.29) is 35.7 Å². The van der Waals surface area contributed by atoms with E-state index in [0.717, 1.165) is 12.1 Å². The summed E-state index contributed by atoms with van der Waals surface area (Å²) >= 11 is 1.20. The van der Waals surface area contributed by atoms with Crippen molar-refractivity contribution >= 4 is 17.2 Å². The smallest absolute Gasteiger partial charge is 0.347 e. The minimum Gasteiger partial charge on any atom is -0.347 e. The van der Waals surface area contributed by atoms with Gasteiger partial charge in [0.05, 0.1) is 34.0 Å². The highest BCUT2D eigenvalue weighted by atomic mass is 32.1. The van der Waals surface area contributed by atoms with E-state index < -0.39 is 23.1 Å². The molecule has 0 saturated heterocycles. The number of hydrogen-bond acceptors (Lipinski definition) is 5. The van der Waals surface area contributed by atoms with Crippen LogP contribution in [0.5, 0.6) is 0 Å². The predicted molar refractivity (Wildman–Crippen MR) is 137 cm³/mol. The molecule has 0 aliphatic rings. The SMILES string of the molecule is Cc1ncsc1C(=O)NCc1ccc(Cn2c(C)c(C#N)c(-c3ccc(C#N)c(C(F)(F)F)c3)c2C)cc1F. The molecule has 0 aliphatic carbocycles. The minimum atomic E-state index is -4.74. The van der Waals surface area contributed by atoms with Crippen molar-refractivity contribution in [1.29, 1.82) is 10.5 Å². The summed E-state index contributed by atoms with van der Waals surface area (Å²) in [6.07, 6.45) is -4.74. The number of amides is 1. The maximum atomic E-state index is 14.9. The molecule has 11 heteroatoms. The van der Waals surface area contributed by atoms with E-state index >= 15 is 0 Å². The molecule has 0 unspecified atom stereocenters. The summed E-state index contributed by atoms with van der Waals surface area (Å²) in [4.78, 5) is 16.8. The zero-order chi connectivity index (χ0) is 28.5. The number of carbonyl (C=O) groups is 1. The van der Waals surface area contributed by atoms with Gasteiger partial charge in [-0.15, -0.1) is 11.3 Å². The molecular formula is C28H21F4N5OS. The average Bonchev–Trinajstić information content (AvgIpc) is 3.43. The summed E-state index contributed by atoms with van der Waals surface area (Å²) in [5, 5.41) is 21.6. The molecule has 2 aromatic carbocycles. The molecule has 0 spiro atoms. The third-order valence-electron chi connectivity index (χ3n) is 6.48. The molecule has 0 radical (unpaired) electrons. The molecule has 0 aliphatic heterocycles. The van der Waals surface area contributed by atoms with Gasteiger partial charge in [0.2, 0.25) is 0 Å². The summed E-state index contributed by atoms with van der Waals surface area (Å²) < 4.78 is 57.3. The summed E-state index contributed by atoms with van der Waals surface area (Å²) in [7, 11) is 0. The van der Waals surface area contributed by atoms with E-state index in [1.807, 2.05) is 0 Å². The predicted octanol–water partition coefficient (Wildman–Crippen LogP) is 6.42. The number of aryl methyl sites for hydroxylation is 1. The standard InChI is InChI=1S/C28H21F4N5OS/c1-15-26(39-14-36-15)27(38)35-12-21-5-4-18(8-24(21)29)13-37-16(2)22(11-34)25(17(37)3)19-6-7-20(10-33)23(9-19)28(30,31)32/h4-9,14H,12-13H2,1-3H3,(H,35,38). The van der Waals surface area contributed by atoms with E-state index in [0.29, 0.717) is 33.1 Å². The number of nitriles is 2. The van der Waals surface area contributed by atoms with Gasteiger partial charge in [-0.25, -0.2) is 9.37 Å². The second-order valence-electron chi connectivity index (χ2n) is 8.86. The van der Waals surface area contributed by atoms with Gasteiger partial charge in [0.25, 0.3) is 5.91 Å². The third-order valence-corrected chi connectivity index (χ3v) is 7.41. The maximum absolute atomic E-state index is 14.9. The Labute approximate surface area is 225 Å². The van der Waals surface area contributed by atoms with Crippen LogP contribution < -0.4 is 5.32 Å². The van der Waals surface area contributed by atoms with Crippen LogP contribution in [0.2, 0.25) is 0 Å². The van der Waals surface area contributed by atoms with Gasteiger partial charge < -0.3 is 9.88 Å². The van der Waals surface area contributed by atoms with Gasteiger partial charge >= 0.3 is 6.18 Å². The van der Waals surface area contributed by atoms with Gasteiger partial charge in [0.1, 0.15) is 16.8 Å². The number of thiazole rings is 1. The fourth-order valence-corrected chi connectivity index (χ4v) is 5.15. The van der Waals surface area contributed by atoms with Crippen LogP contribution in [0.1, 0.15) is 54.6 Å². The number of carbonyl (C=O) groups excluding carboxylic acids is 1. The number of alkyl halides is 3. The van der Waals surface area contributed by atoms with E-state index in [2.05, 4.69) is 16.4 Å². The number of halogens is 4. The van der Waals surface area contributed by atoms with Crippen molar-refractivity contribution < 1.29 is 22.4 Å². The number of rotatable bonds is 6. The third kappa shape index (κ3) is 5.40. The highest BCUT2D eigenvalue weighted by Crippen LogP contribution is 2.38. The van der Waals surface area contributed by atoms with E-state index in [1.165, 1.54) is 23.5 Å². The Morgan fingerprint density at radius 3 is 2.41 bits per heavy atom. The van der Waals surface area contributed by atoms with Gasteiger partial charge in [-0.2, -0.15) is 23.7 Å². The van der Waals surface area contributed by atoms with Gasteiger partial charge in [-0.1, -0.05) is 18.2 Å². The van der Waals surface area contributed by atoms with Crippen LogP contribution in [-0.4, -0.2) is 15.5 Å². The number of hydrogen-bond donors (Lipinski definition) is 1. The molecule has 4 aromatic rings. The first kappa shape index (κ1) is 27.6. The molecule has 198 valence electrons. The van der Waals surface area contributed by atoms with Crippen LogP contribution >= 0.6 is 11.3 Å². The Morgan fingerprint density at radius 2 is 1.82 bits per heavy atom. The van der Waals surface area contributed by atoms with Gasteiger partial charge in [0, 0.05) is 35.6 Å². The zero-order valence-electron chi connectivity index (χ0n) is 21.1. The number of nitrogens with one attached hydrogen (secondary N) is 1. The van der Waals surface area contributed by atoms with Gasteiger partial charge in [0.15, 0.2) is 0 Å². The van der Waals surface area contributed by atoms with Crippen molar-refractivity contribution in [3.63, 3.8) is 0 Å². The van der Waals surface area contributed by atoms with Crippen LogP contribution in [0.25, 0.3) is 11.1 Å². The molecule has 6 nitrogen and oxygen atoms in total. The summed E-state index contributed by atoms with van der Waals surface area (Å²) in [6, 6.07) is 11.6. The van der Waals surface area contributed by atoms with Crippen LogP contribution in [0, 0.1) is 49.3 Å². The molecule has 4 rings (SSSR count). The Balaban J connectivity index is 1.62. The first-order valence-electron chi connectivity index (χ1n) is 11.6. The molecule has 0 atom stereocenters. The lowest BCUT2D eigenvalue weighted by Gasteiger charge is -2.13. The minimum absolute atomic E-state index is 0.0210. The molecule has 2 aromatic heterocycles. The Morgan fingerprint density at radius 1 is 1.08 bits per heavy atom. The summed E-state index contributed by atoms with van der Waals surface area (Å²) in [5.41, 5.74) is 3.14. The average molecular weight is 552 g/mol. The number of benzene rings is 2. The molecule has 1 N–H and O–H groups in total. The molecular weight excluding hydrogens is 530 g/mol. The fraction of sp³-hybridized carbons (Fsp3) is 0.214. The van der Waals surface area contributed by atoms with Crippen molar-refractivity contribution in [2.75, 3.05) is 0 Å². The van der Waals surface area contributed by atoms with Crippen molar-refractivity contribution in [3.8, 4) is 23.3 Å². The van der Waals surface area contributed by atoms with Crippen molar-refractivity contribution in [2.24, 2.45) is 0 Å². The zero-order valence-corrected chi connectivity index (χ0v) is 21.9. The van der Waals surface area contributed by atoms with Gasteiger partial charge in [-0.3, -0.25) is 4.79 Å². The van der Waals surface area contributed by atoms with E-state index in [9.17, 15) is 27.6 Å². The topological polar surface area (TPSA) is 94.5 Å². The largest absolute Gasteiger partial charge is 0.417 e. The molecule has 0 saturated carbocycles. The highest BCUT2D eigenvalue weighted by Gasteiger charge is 2.34. The lowest BCUT2D eigenvalue weighted by atomic mass is 9.96. The maximum Gasteiger partial charge on any atom is 0.417 e. The molecule has 0 bridgehead atoms. The first-order chi connectivity index (χ1) is 18.5. The second-order valence-corrected chi connectivity index (χ2v) is 9.72. The lowest BCUT2D eigenvalue weighted by Crippen LogP contribution is -2.23. The van der Waals surface area contributed by atoms with E-state index in [4.69, 9.17) is 5.26 Å². The van der Waals surface area contributed by atoms with Gasteiger partial charge in [-0.05, 0) is 50.1 Å². The van der Waals surface area contributed by atoms with Crippen LogP contribution in [0.15, 0.2) is 41.9 Å². The van der Waals surface area contributed by atoms with Crippen molar-refractivity contribution in [2.45, 2.75) is 40.0 Å². The van der Waals surface area contributed by atoms with Crippen LogP contribution in [-0.2, 0) is 19.3 Å². The highest BCUT2D eigenvalue weighted by molar-refractivity contribution is 7.11. The van der Waals surface area contributed by atoms with Crippen LogP contribution in [0.4, 0.5) is 17.6 Å². The normalized spacial score (nSPS) is 11.2. The number of aromatic nitrogens is 2. The molecule has 2 heterocycles. The van der Waals surface area contributed by atoms with Crippen molar-refractivity contribution in [1.82, 2.24) is 14.9 Å². The second kappa shape index (κ2) is 10.7. The monoisotopic (exact) mass is 551 g/mol. The Bertz CT molecular complexity index is 1670. The molecule has 1 amide bonds. The van der Waals surface area contributed by atoms with Crippen molar-refractivity contribution in [3.05, 3.63) is 97.5 Å². The summed E-state index contributed by atoms with van der Waals surface area (Å²) in [6.45, 7) is 5.21. The molecule has 0 fully saturated rings. The molecule has 39 heavy (non-hydrogen) atoms. The van der Waals surface area contributed by atoms with E-state index in [1.54, 1.807) is 49.1 Å². The Hall–Kier alpha value is -4.48. The summed E-state index contributed by atoms with van der Waals surface area (Å²) in [5.74, 6) is -0.871. The number of nitrogens with zero attached hydrogens (tertiary/aromatic N) is 4. The lowest BCUT2D eigenvalue weighted by molar-refractivity contribution is -0.137. The first-order valence-corrected chi connectivity index (χ1v) is 12.5. The van der Waals surface area contributed by atoms with Crippen LogP contribution in [0.3, 0.4) is 0 Å². The fourth-order valence-electron chi connectivity index (χ4n) is 4.43. The Kier molecular flexibility index (Phi) is 7.57.